The topological polar surface area (TPSA) is 52.6 Å². The Hall–Kier alpha value is -2.88. The number of Topliss-reactive ketones (excluding diaryl/α,β-unsaturated/α-hetero) is 1. The Balaban J connectivity index is 1.70. The Morgan fingerprint density at radius 3 is 2.38 bits per heavy atom. The summed E-state index contributed by atoms with van der Waals surface area (Å²) in [7, 11) is 0. The van der Waals surface area contributed by atoms with Crippen LogP contribution in [0.15, 0.2) is 42.2 Å². The molecule has 2 aromatic carbocycles. The highest BCUT2D eigenvalue weighted by molar-refractivity contribution is 6.15. The number of fused-ring (bicyclic) bond motifs is 3. The maximum absolute atomic E-state index is 13.0. The monoisotopic (exact) mass is 390 g/mol. The predicted molar refractivity (Wildman–Crippen MR) is 112 cm³/mol. The number of rotatable bonds is 4. The van der Waals surface area contributed by atoms with E-state index in [1.807, 2.05) is 12.1 Å². The van der Waals surface area contributed by atoms with Crippen LogP contribution in [-0.2, 0) is 4.79 Å². The van der Waals surface area contributed by atoms with Gasteiger partial charge in [0, 0.05) is 11.5 Å². The lowest BCUT2D eigenvalue weighted by atomic mass is 9.84. The molecule has 0 spiro atoms. The fourth-order valence-corrected chi connectivity index (χ4v) is 4.10. The van der Waals surface area contributed by atoms with Crippen molar-refractivity contribution < 1.29 is 19.1 Å². The molecule has 1 atom stereocenters. The molecule has 0 saturated carbocycles. The molecule has 0 aliphatic carbocycles. The van der Waals surface area contributed by atoms with Crippen molar-refractivity contribution in [2.45, 2.75) is 52.4 Å². The van der Waals surface area contributed by atoms with Crippen LogP contribution in [0.4, 0.5) is 0 Å². The summed E-state index contributed by atoms with van der Waals surface area (Å²) in [4.78, 5) is 25.0. The molecule has 0 bridgehead atoms. The summed E-state index contributed by atoms with van der Waals surface area (Å²) >= 11 is 0. The first-order valence-corrected chi connectivity index (χ1v) is 10.2. The van der Waals surface area contributed by atoms with Gasteiger partial charge in [0.2, 0.25) is 5.78 Å². The van der Waals surface area contributed by atoms with E-state index < -0.39 is 0 Å². The number of hydrogen-bond donors (Lipinski definition) is 0. The van der Waals surface area contributed by atoms with E-state index in [1.165, 1.54) is 5.56 Å². The molecule has 0 N–H and O–H groups in total. The molecule has 0 aromatic heterocycles. The lowest BCUT2D eigenvalue weighted by Gasteiger charge is -2.27. The SMILES string of the molecule is CC(C)CC1CC(=O)Oc2ccc3c(c21)O/C(=C\c1ccc(C(C)C)cc1)C3=O. The molecule has 0 amide bonds. The minimum absolute atomic E-state index is 0.00123. The highest BCUT2D eigenvalue weighted by atomic mass is 16.5. The number of carbonyl (C=O) groups is 2. The van der Waals surface area contributed by atoms with Gasteiger partial charge in [0.25, 0.3) is 0 Å². The van der Waals surface area contributed by atoms with E-state index in [-0.39, 0.29) is 17.7 Å². The molecule has 4 rings (SSSR count). The van der Waals surface area contributed by atoms with Crippen molar-refractivity contribution in [1.29, 1.82) is 0 Å². The molecule has 2 aromatic rings. The zero-order chi connectivity index (χ0) is 20.7. The van der Waals surface area contributed by atoms with Crippen molar-refractivity contribution >= 4 is 17.8 Å². The maximum atomic E-state index is 13.0. The van der Waals surface area contributed by atoms with Gasteiger partial charge >= 0.3 is 5.97 Å². The smallest absolute Gasteiger partial charge is 0.311 e. The van der Waals surface area contributed by atoms with Gasteiger partial charge in [-0.25, -0.2) is 0 Å². The molecular formula is C25H26O4. The molecule has 2 heterocycles. The molecule has 0 radical (unpaired) electrons. The largest absolute Gasteiger partial charge is 0.452 e. The number of benzene rings is 2. The lowest BCUT2D eigenvalue weighted by Crippen LogP contribution is -2.21. The zero-order valence-electron chi connectivity index (χ0n) is 17.3. The predicted octanol–water partition coefficient (Wildman–Crippen LogP) is 5.87. The van der Waals surface area contributed by atoms with E-state index in [0.717, 1.165) is 17.5 Å². The van der Waals surface area contributed by atoms with Gasteiger partial charge in [0.05, 0.1) is 12.0 Å². The first-order valence-electron chi connectivity index (χ1n) is 10.2. The third-order valence-electron chi connectivity index (χ3n) is 5.54. The second-order valence-corrected chi connectivity index (χ2v) is 8.62. The Morgan fingerprint density at radius 2 is 1.72 bits per heavy atom. The van der Waals surface area contributed by atoms with Crippen LogP contribution in [0.1, 0.15) is 79.4 Å². The van der Waals surface area contributed by atoms with Crippen LogP contribution in [0.5, 0.6) is 11.5 Å². The van der Waals surface area contributed by atoms with Crippen molar-refractivity contribution in [3.63, 3.8) is 0 Å². The Kier molecular flexibility index (Phi) is 5.03. The van der Waals surface area contributed by atoms with E-state index in [1.54, 1.807) is 18.2 Å². The van der Waals surface area contributed by atoms with E-state index >= 15 is 0 Å². The molecule has 4 nitrogen and oxygen atoms in total. The first-order chi connectivity index (χ1) is 13.8. The van der Waals surface area contributed by atoms with Gasteiger partial charge in [-0.1, -0.05) is 52.0 Å². The number of ketones is 1. The van der Waals surface area contributed by atoms with Gasteiger partial charge in [0.15, 0.2) is 5.76 Å². The zero-order valence-corrected chi connectivity index (χ0v) is 17.3. The third kappa shape index (κ3) is 3.71. The third-order valence-corrected chi connectivity index (χ3v) is 5.54. The highest BCUT2D eigenvalue weighted by Crippen LogP contribution is 2.48. The summed E-state index contributed by atoms with van der Waals surface area (Å²) in [5.74, 6) is 1.89. The standard InChI is InChI=1S/C25H26O4/c1-14(2)11-18-13-22(26)28-20-10-9-19-24(27)21(29-25(19)23(18)20)12-16-5-7-17(8-6-16)15(3)4/h5-10,12,14-15,18H,11,13H2,1-4H3/b21-12-. The van der Waals surface area contributed by atoms with Crippen molar-refractivity contribution in [2.24, 2.45) is 5.92 Å². The normalized spacial score (nSPS) is 19.4. The van der Waals surface area contributed by atoms with Gasteiger partial charge in [-0.3, -0.25) is 9.59 Å². The summed E-state index contributed by atoms with van der Waals surface area (Å²) in [6.07, 6.45) is 2.94. The molecule has 1 unspecified atom stereocenters. The quantitative estimate of drug-likeness (QED) is 0.372. The summed E-state index contributed by atoms with van der Waals surface area (Å²) in [5, 5.41) is 0. The highest BCUT2D eigenvalue weighted by Gasteiger charge is 2.37. The number of hydrogen-bond acceptors (Lipinski definition) is 4. The molecule has 0 saturated heterocycles. The first kappa shape index (κ1) is 19.4. The fraction of sp³-hybridized carbons (Fsp3) is 0.360. The van der Waals surface area contributed by atoms with Gasteiger partial charge in [0.1, 0.15) is 11.5 Å². The second kappa shape index (κ2) is 7.51. The van der Waals surface area contributed by atoms with Crippen LogP contribution in [0.3, 0.4) is 0 Å². The maximum Gasteiger partial charge on any atom is 0.311 e. The van der Waals surface area contributed by atoms with E-state index in [4.69, 9.17) is 9.47 Å². The van der Waals surface area contributed by atoms with Crippen molar-refractivity contribution in [1.82, 2.24) is 0 Å². The summed E-state index contributed by atoms with van der Waals surface area (Å²) in [6, 6.07) is 11.6. The summed E-state index contributed by atoms with van der Waals surface area (Å²) in [6.45, 7) is 8.55. The van der Waals surface area contributed by atoms with Crippen LogP contribution in [0, 0.1) is 5.92 Å². The van der Waals surface area contributed by atoms with E-state index in [2.05, 4.69) is 39.8 Å². The number of esters is 1. The van der Waals surface area contributed by atoms with Crippen molar-refractivity contribution in [2.75, 3.05) is 0 Å². The fourth-order valence-electron chi connectivity index (χ4n) is 4.10. The van der Waals surface area contributed by atoms with Crippen molar-refractivity contribution in [3.8, 4) is 11.5 Å². The van der Waals surface area contributed by atoms with Gasteiger partial charge in [-0.15, -0.1) is 0 Å². The number of ether oxygens (including phenoxy) is 2. The summed E-state index contributed by atoms with van der Waals surface area (Å²) < 4.78 is 11.5. The van der Waals surface area contributed by atoms with Crippen molar-refractivity contribution in [3.05, 3.63) is 64.4 Å². The Morgan fingerprint density at radius 1 is 1.00 bits per heavy atom. The van der Waals surface area contributed by atoms with Crippen LogP contribution in [-0.4, -0.2) is 11.8 Å². The molecule has 0 fully saturated rings. The molecule has 150 valence electrons. The minimum atomic E-state index is -0.228. The van der Waals surface area contributed by atoms with Crippen LogP contribution < -0.4 is 9.47 Å². The van der Waals surface area contributed by atoms with Crippen LogP contribution in [0.25, 0.3) is 6.08 Å². The molecule has 29 heavy (non-hydrogen) atoms. The minimum Gasteiger partial charge on any atom is -0.452 e. The molecular weight excluding hydrogens is 364 g/mol. The number of carbonyl (C=O) groups excluding carboxylic acids is 2. The van der Waals surface area contributed by atoms with E-state index in [9.17, 15) is 9.59 Å². The van der Waals surface area contributed by atoms with Gasteiger partial charge < -0.3 is 9.47 Å². The van der Waals surface area contributed by atoms with Crippen LogP contribution >= 0.6 is 0 Å². The van der Waals surface area contributed by atoms with Gasteiger partial charge in [-0.05, 0) is 47.6 Å². The molecule has 2 aliphatic heterocycles. The van der Waals surface area contributed by atoms with E-state index in [0.29, 0.717) is 41.1 Å². The lowest BCUT2D eigenvalue weighted by molar-refractivity contribution is -0.136. The van der Waals surface area contributed by atoms with Gasteiger partial charge in [-0.2, -0.15) is 0 Å². The number of allylic oxidation sites excluding steroid dienone is 1. The average Bonchev–Trinajstić information content (AvgIpc) is 2.97. The Labute approximate surface area is 171 Å². The molecule has 4 heteroatoms. The average molecular weight is 390 g/mol. The summed E-state index contributed by atoms with van der Waals surface area (Å²) in [5.41, 5.74) is 3.56. The van der Waals surface area contributed by atoms with Crippen LogP contribution in [0.2, 0.25) is 0 Å². The second-order valence-electron chi connectivity index (χ2n) is 8.62. The Bertz CT molecular complexity index is 996. The molecule has 2 aliphatic rings.